The van der Waals surface area contributed by atoms with Crippen molar-refractivity contribution in [1.82, 2.24) is 10.6 Å². The topological polar surface area (TPSA) is 98.7 Å². The molecule has 0 aromatic carbocycles. The van der Waals surface area contributed by atoms with Crippen LogP contribution in [-0.4, -0.2) is 47.3 Å². The summed E-state index contributed by atoms with van der Waals surface area (Å²) in [4.78, 5) is 21.5. The molecule has 0 radical (unpaired) electrons. The van der Waals surface area contributed by atoms with Gasteiger partial charge in [-0.15, -0.1) is 0 Å². The van der Waals surface area contributed by atoms with Gasteiger partial charge in [0.2, 0.25) is 5.91 Å². The quantitative estimate of drug-likeness (QED) is 0.435. The van der Waals surface area contributed by atoms with Crippen LogP contribution in [-0.2, 0) is 9.59 Å². The maximum atomic E-state index is 11.3. The number of rotatable bonds is 4. The van der Waals surface area contributed by atoms with E-state index in [0.29, 0.717) is 0 Å². The highest BCUT2D eigenvalue weighted by Crippen LogP contribution is 2.04. The van der Waals surface area contributed by atoms with Gasteiger partial charge in [-0.3, -0.25) is 4.79 Å². The van der Waals surface area contributed by atoms with Crippen LogP contribution in [0.4, 0.5) is 0 Å². The standard InChI is InChI=1S/C8H14N2O4/c11-6(8(13)14)4-10-7(12)5-2-1-3-9-5/h5-6,9,11H,1-4H2,(H,10,12)(H,13,14)/t5-,6-/m0/s1. The average molecular weight is 202 g/mol. The molecule has 1 rings (SSSR count). The minimum Gasteiger partial charge on any atom is -0.479 e. The van der Waals surface area contributed by atoms with E-state index in [2.05, 4.69) is 10.6 Å². The second-order valence-corrected chi connectivity index (χ2v) is 3.25. The van der Waals surface area contributed by atoms with Gasteiger partial charge in [0.25, 0.3) is 0 Å². The molecule has 0 aromatic rings. The summed E-state index contributed by atoms with van der Waals surface area (Å²) in [6.45, 7) is 0.561. The first-order chi connectivity index (χ1) is 6.61. The summed E-state index contributed by atoms with van der Waals surface area (Å²) in [5.74, 6) is -1.58. The Labute approximate surface area is 81.3 Å². The largest absolute Gasteiger partial charge is 0.479 e. The fourth-order valence-electron chi connectivity index (χ4n) is 1.32. The molecule has 1 amide bonds. The minimum atomic E-state index is -1.53. The number of aliphatic carboxylic acids is 1. The first kappa shape index (κ1) is 10.9. The van der Waals surface area contributed by atoms with Gasteiger partial charge >= 0.3 is 5.97 Å². The maximum Gasteiger partial charge on any atom is 0.334 e. The van der Waals surface area contributed by atoms with Crippen molar-refractivity contribution in [2.24, 2.45) is 0 Å². The van der Waals surface area contributed by atoms with E-state index in [-0.39, 0.29) is 18.5 Å². The van der Waals surface area contributed by atoms with Crippen molar-refractivity contribution in [2.75, 3.05) is 13.1 Å². The van der Waals surface area contributed by atoms with Crippen molar-refractivity contribution in [3.63, 3.8) is 0 Å². The highest BCUT2D eigenvalue weighted by Gasteiger charge is 2.23. The van der Waals surface area contributed by atoms with Crippen molar-refractivity contribution < 1.29 is 19.8 Å². The molecular weight excluding hydrogens is 188 g/mol. The lowest BCUT2D eigenvalue weighted by Crippen LogP contribution is -2.44. The number of nitrogens with one attached hydrogen (secondary N) is 2. The van der Waals surface area contributed by atoms with E-state index in [1.165, 1.54) is 0 Å². The Morgan fingerprint density at radius 1 is 1.57 bits per heavy atom. The molecular formula is C8H14N2O4. The number of hydrogen-bond donors (Lipinski definition) is 4. The monoisotopic (exact) mass is 202 g/mol. The number of aliphatic hydroxyl groups excluding tert-OH is 1. The summed E-state index contributed by atoms with van der Waals surface area (Å²) in [5.41, 5.74) is 0. The van der Waals surface area contributed by atoms with Crippen LogP contribution >= 0.6 is 0 Å². The third-order valence-electron chi connectivity index (χ3n) is 2.13. The predicted molar refractivity (Wildman–Crippen MR) is 47.7 cm³/mol. The maximum absolute atomic E-state index is 11.3. The van der Waals surface area contributed by atoms with Crippen molar-refractivity contribution in [3.05, 3.63) is 0 Å². The van der Waals surface area contributed by atoms with Gasteiger partial charge < -0.3 is 20.8 Å². The summed E-state index contributed by atoms with van der Waals surface area (Å²) >= 11 is 0. The summed E-state index contributed by atoms with van der Waals surface area (Å²) in [5, 5.41) is 22.6. The first-order valence-corrected chi connectivity index (χ1v) is 4.53. The molecule has 0 unspecified atom stereocenters. The molecule has 14 heavy (non-hydrogen) atoms. The van der Waals surface area contributed by atoms with Crippen LogP contribution in [0.2, 0.25) is 0 Å². The van der Waals surface area contributed by atoms with E-state index in [1.807, 2.05) is 0 Å². The molecule has 0 aromatic heterocycles. The zero-order valence-electron chi connectivity index (χ0n) is 7.69. The second kappa shape index (κ2) is 4.92. The highest BCUT2D eigenvalue weighted by atomic mass is 16.4. The first-order valence-electron chi connectivity index (χ1n) is 4.53. The molecule has 1 saturated heterocycles. The van der Waals surface area contributed by atoms with Gasteiger partial charge in [-0.2, -0.15) is 0 Å². The van der Waals surface area contributed by atoms with Crippen LogP contribution in [0, 0.1) is 0 Å². The van der Waals surface area contributed by atoms with Gasteiger partial charge in [0.15, 0.2) is 6.10 Å². The fourth-order valence-corrected chi connectivity index (χ4v) is 1.32. The van der Waals surface area contributed by atoms with Crippen molar-refractivity contribution in [1.29, 1.82) is 0 Å². The predicted octanol–water partition coefficient (Wildman–Crippen LogP) is -1.70. The fraction of sp³-hybridized carbons (Fsp3) is 0.750. The molecule has 4 N–H and O–H groups in total. The normalized spacial score (nSPS) is 23.1. The SMILES string of the molecule is O=C(NC[C@H](O)C(=O)O)[C@@H]1CCCN1. The molecule has 0 aliphatic carbocycles. The lowest BCUT2D eigenvalue weighted by molar-refractivity contribution is -0.146. The van der Waals surface area contributed by atoms with E-state index >= 15 is 0 Å². The Balaban J connectivity index is 2.23. The van der Waals surface area contributed by atoms with Crippen LogP contribution < -0.4 is 10.6 Å². The Kier molecular flexibility index (Phi) is 3.84. The smallest absolute Gasteiger partial charge is 0.334 e. The van der Waals surface area contributed by atoms with Crippen molar-refractivity contribution in [2.45, 2.75) is 25.0 Å². The molecule has 1 fully saturated rings. The highest BCUT2D eigenvalue weighted by molar-refractivity contribution is 5.82. The van der Waals surface area contributed by atoms with Crippen molar-refractivity contribution in [3.8, 4) is 0 Å². The van der Waals surface area contributed by atoms with E-state index < -0.39 is 12.1 Å². The Morgan fingerprint density at radius 2 is 2.29 bits per heavy atom. The molecule has 0 spiro atoms. The number of amides is 1. The molecule has 0 bridgehead atoms. The van der Waals surface area contributed by atoms with Gasteiger partial charge in [-0.25, -0.2) is 4.79 Å². The zero-order chi connectivity index (χ0) is 10.6. The number of hydrogen-bond acceptors (Lipinski definition) is 4. The van der Waals surface area contributed by atoms with E-state index in [0.717, 1.165) is 19.4 Å². The van der Waals surface area contributed by atoms with Gasteiger partial charge in [0.1, 0.15) is 0 Å². The van der Waals surface area contributed by atoms with Gasteiger partial charge in [0, 0.05) is 0 Å². The molecule has 2 atom stereocenters. The average Bonchev–Trinajstić information content (AvgIpc) is 2.66. The second-order valence-electron chi connectivity index (χ2n) is 3.25. The summed E-state index contributed by atoms with van der Waals surface area (Å²) in [7, 11) is 0. The van der Waals surface area contributed by atoms with Crippen LogP contribution in [0.3, 0.4) is 0 Å². The molecule has 6 heteroatoms. The lowest BCUT2D eigenvalue weighted by atomic mass is 10.2. The number of carbonyl (C=O) groups is 2. The van der Waals surface area contributed by atoms with Gasteiger partial charge in [-0.1, -0.05) is 0 Å². The van der Waals surface area contributed by atoms with Gasteiger partial charge in [-0.05, 0) is 19.4 Å². The summed E-state index contributed by atoms with van der Waals surface area (Å²) in [6.07, 6.45) is 0.175. The molecule has 1 aliphatic rings. The van der Waals surface area contributed by atoms with Crippen LogP contribution in [0.15, 0.2) is 0 Å². The Morgan fingerprint density at radius 3 is 2.79 bits per heavy atom. The minimum absolute atomic E-state index is 0.240. The van der Waals surface area contributed by atoms with E-state index in [4.69, 9.17) is 10.2 Å². The zero-order valence-corrected chi connectivity index (χ0v) is 7.69. The number of aliphatic hydroxyl groups is 1. The van der Waals surface area contributed by atoms with Crippen LogP contribution in [0.25, 0.3) is 0 Å². The van der Waals surface area contributed by atoms with Crippen molar-refractivity contribution >= 4 is 11.9 Å². The van der Waals surface area contributed by atoms with Crippen LogP contribution in [0.5, 0.6) is 0 Å². The third kappa shape index (κ3) is 2.97. The number of carbonyl (C=O) groups excluding carboxylic acids is 1. The van der Waals surface area contributed by atoms with Gasteiger partial charge in [0.05, 0.1) is 12.6 Å². The Bertz CT molecular complexity index is 225. The van der Waals surface area contributed by atoms with Crippen LogP contribution in [0.1, 0.15) is 12.8 Å². The van der Waals surface area contributed by atoms with E-state index in [1.54, 1.807) is 0 Å². The molecule has 6 nitrogen and oxygen atoms in total. The lowest BCUT2D eigenvalue weighted by Gasteiger charge is -2.12. The number of carboxylic acids is 1. The third-order valence-corrected chi connectivity index (χ3v) is 2.13. The summed E-state index contributed by atoms with van der Waals surface area (Å²) < 4.78 is 0. The molecule has 1 aliphatic heterocycles. The molecule has 80 valence electrons. The number of carboxylic acid groups (broad SMARTS) is 1. The Hall–Kier alpha value is -1.14. The summed E-state index contributed by atoms with van der Waals surface area (Å²) in [6, 6.07) is -0.240. The van der Waals surface area contributed by atoms with E-state index in [9.17, 15) is 9.59 Å². The molecule has 0 saturated carbocycles. The molecule has 1 heterocycles.